The number of pyridine rings is 1. The Morgan fingerprint density at radius 3 is 2.23 bits per heavy atom. The topological polar surface area (TPSA) is 86.8 Å². The van der Waals surface area contributed by atoms with Crippen LogP contribution in [0.2, 0.25) is 0 Å². The molecule has 9 heteroatoms. The molecular weight excluding hydrogens is 614 g/mol. The standard InChI is InChI=1S/C39H42F2N2O5/c1-38(2,3)47-35(44)23-29-10-7-8-13-34(29)46-25-28-20-27(15-14-26-16-18-42-19-17-26)21-30(22-28)31-11-9-12-32(36(31)41)33(24-40)43-37(45)48-39(4,5)6/h7-22,33H,23-25H2,1-6H3,(H,43,45). The Labute approximate surface area is 281 Å². The van der Waals surface area contributed by atoms with Crippen LogP contribution in [0.25, 0.3) is 23.3 Å². The molecule has 0 saturated carbocycles. The molecule has 0 fully saturated rings. The summed E-state index contributed by atoms with van der Waals surface area (Å²) in [6.45, 7) is 9.60. The zero-order valence-corrected chi connectivity index (χ0v) is 28.2. The zero-order chi connectivity index (χ0) is 34.9. The van der Waals surface area contributed by atoms with Crippen LogP contribution >= 0.6 is 0 Å². The van der Waals surface area contributed by atoms with Gasteiger partial charge in [-0.2, -0.15) is 0 Å². The van der Waals surface area contributed by atoms with Crippen LogP contribution < -0.4 is 10.1 Å². The largest absolute Gasteiger partial charge is 0.489 e. The van der Waals surface area contributed by atoms with E-state index in [0.717, 1.165) is 16.7 Å². The lowest BCUT2D eigenvalue weighted by molar-refractivity contribution is -0.153. The van der Waals surface area contributed by atoms with E-state index in [4.69, 9.17) is 14.2 Å². The molecule has 1 amide bonds. The van der Waals surface area contributed by atoms with E-state index >= 15 is 4.39 Å². The van der Waals surface area contributed by atoms with Gasteiger partial charge in [-0.1, -0.05) is 48.6 Å². The van der Waals surface area contributed by atoms with E-state index in [2.05, 4.69) is 10.3 Å². The van der Waals surface area contributed by atoms with E-state index in [9.17, 15) is 14.0 Å². The van der Waals surface area contributed by atoms with Gasteiger partial charge in [0.1, 0.15) is 36.1 Å². The van der Waals surface area contributed by atoms with Crippen LogP contribution in [0.4, 0.5) is 13.6 Å². The number of rotatable bonds is 11. The van der Waals surface area contributed by atoms with Gasteiger partial charge in [-0.3, -0.25) is 9.78 Å². The quantitative estimate of drug-likeness (QED) is 0.162. The van der Waals surface area contributed by atoms with Crippen molar-refractivity contribution in [1.82, 2.24) is 10.3 Å². The van der Waals surface area contributed by atoms with E-state index in [0.29, 0.717) is 16.9 Å². The van der Waals surface area contributed by atoms with Gasteiger partial charge < -0.3 is 19.5 Å². The van der Waals surface area contributed by atoms with Crippen LogP contribution in [0.1, 0.15) is 75.4 Å². The molecule has 0 saturated heterocycles. The number of carbonyl (C=O) groups excluding carboxylic acids is 2. The molecule has 48 heavy (non-hydrogen) atoms. The Bertz CT molecular complexity index is 1740. The third-order valence-electron chi connectivity index (χ3n) is 6.87. The summed E-state index contributed by atoms with van der Waals surface area (Å²) >= 11 is 0. The van der Waals surface area contributed by atoms with Crippen LogP contribution in [0.3, 0.4) is 0 Å². The Morgan fingerprint density at radius 2 is 1.54 bits per heavy atom. The van der Waals surface area contributed by atoms with Crippen molar-refractivity contribution in [2.45, 2.75) is 71.8 Å². The van der Waals surface area contributed by atoms with Crippen LogP contribution in [0.15, 0.2) is 85.2 Å². The van der Waals surface area contributed by atoms with Crippen molar-refractivity contribution in [1.29, 1.82) is 0 Å². The normalized spacial score (nSPS) is 12.4. The van der Waals surface area contributed by atoms with Gasteiger partial charge in [0.2, 0.25) is 0 Å². The Balaban J connectivity index is 1.67. The maximum Gasteiger partial charge on any atom is 0.408 e. The summed E-state index contributed by atoms with van der Waals surface area (Å²) in [5, 5.41) is 2.44. The number of carbonyl (C=O) groups is 2. The number of halogens is 2. The van der Waals surface area contributed by atoms with Crippen molar-refractivity contribution in [2.75, 3.05) is 6.67 Å². The molecule has 1 heterocycles. The Morgan fingerprint density at radius 1 is 0.854 bits per heavy atom. The molecule has 1 aromatic heterocycles. The van der Waals surface area contributed by atoms with Crippen LogP contribution in [0, 0.1) is 5.82 Å². The van der Waals surface area contributed by atoms with Gasteiger partial charge in [0.05, 0.1) is 12.5 Å². The van der Waals surface area contributed by atoms with Crippen molar-refractivity contribution in [3.8, 4) is 16.9 Å². The fourth-order valence-electron chi connectivity index (χ4n) is 4.90. The van der Waals surface area contributed by atoms with Gasteiger partial charge in [-0.05, 0) is 100 Å². The molecule has 4 aromatic rings. The first kappa shape index (κ1) is 35.8. The Kier molecular flexibility index (Phi) is 11.7. The lowest BCUT2D eigenvalue weighted by Crippen LogP contribution is -2.36. The second kappa shape index (κ2) is 15.7. The van der Waals surface area contributed by atoms with E-state index in [1.807, 2.05) is 75.4 Å². The van der Waals surface area contributed by atoms with Gasteiger partial charge in [-0.15, -0.1) is 0 Å². The number of hydrogen-bond donors (Lipinski definition) is 1. The predicted molar refractivity (Wildman–Crippen MR) is 183 cm³/mol. The summed E-state index contributed by atoms with van der Waals surface area (Å²) in [6.07, 6.45) is 6.39. The van der Waals surface area contributed by atoms with E-state index in [1.165, 1.54) is 6.07 Å². The average Bonchev–Trinajstić information content (AvgIpc) is 3.01. The molecule has 7 nitrogen and oxygen atoms in total. The maximum absolute atomic E-state index is 16.2. The molecule has 0 bridgehead atoms. The van der Waals surface area contributed by atoms with Gasteiger partial charge in [0.25, 0.3) is 0 Å². The first-order chi connectivity index (χ1) is 22.7. The third-order valence-corrected chi connectivity index (χ3v) is 6.87. The maximum atomic E-state index is 16.2. The minimum atomic E-state index is -1.25. The monoisotopic (exact) mass is 656 g/mol. The summed E-state index contributed by atoms with van der Waals surface area (Å²) in [4.78, 5) is 29.0. The molecule has 0 aliphatic heterocycles. The van der Waals surface area contributed by atoms with Crippen LogP contribution in [0.5, 0.6) is 5.75 Å². The minimum absolute atomic E-state index is 0.00698. The van der Waals surface area contributed by atoms with Gasteiger partial charge in [0.15, 0.2) is 0 Å². The van der Waals surface area contributed by atoms with E-state index in [-0.39, 0.29) is 30.1 Å². The number of aromatic nitrogens is 1. The third kappa shape index (κ3) is 10.8. The molecule has 252 valence electrons. The number of alkyl halides is 1. The van der Waals surface area contributed by atoms with Gasteiger partial charge in [-0.25, -0.2) is 13.6 Å². The molecule has 0 radical (unpaired) electrons. The zero-order valence-electron chi connectivity index (χ0n) is 28.2. The summed E-state index contributed by atoms with van der Waals surface area (Å²) in [5.41, 5.74) is 2.43. The first-order valence-corrected chi connectivity index (χ1v) is 15.7. The number of benzene rings is 3. The molecule has 0 aliphatic rings. The fraction of sp³-hybridized carbons (Fsp3) is 0.308. The van der Waals surface area contributed by atoms with Gasteiger partial charge in [0, 0.05) is 29.1 Å². The minimum Gasteiger partial charge on any atom is -0.489 e. The molecule has 3 aromatic carbocycles. The number of alkyl carbamates (subject to hydrolysis) is 1. The fourth-order valence-corrected chi connectivity index (χ4v) is 4.90. The summed E-state index contributed by atoms with van der Waals surface area (Å²) in [6, 6.07) is 19.9. The highest BCUT2D eigenvalue weighted by Gasteiger charge is 2.24. The second-order valence-electron chi connectivity index (χ2n) is 13.3. The van der Waals surface area contributed by atoms with Crippen molar-refractivity contribution in [3.63, 3.8) is 0 Å². The summed E-state index contributed by atoms with van der Waals surface area (Å²) in [7, 11) is 0. The first-order valence-electron chi connectivity index (χ1n) is 15.7. The highest BCUT2D eigenvalue weighted by Crippen LogP contribution is 2.31. The number of ether oxygens (including phenoxy) is 3. The molecule has 0 spiro atoms. The molecule has 1 N–H and O–H groups in total. The van der Waals surface area contributed by atoms with Crippen molar-refractivity contribution in [2.24, 2.45) is 0 Å². The molecule has 1 unspecified atom stereocenters. The second-order valence-corrected chi connectivity index (χ2v) is 13.3. The number of amides is 1. The highest BCUT2D eigenvalue weighted by molar-refractivity contribution is 5.76. The Hall–Kier alpha value is -5.05. The average molecular weight is 657 g/mol. The van der Waals surface area contributed by atoms with Crippen LogP contribution in [-0.2, 0) is 27.3 Å². The molecule has 1 atom stereocenters. The lowest BCUT2D eigenvalue weighted by atomic mass is 9.95. The van der Waals surface area contributed by atoms with Gasteiger partial charge >= 0.3 is 12.1 Å². The van der Waals surface area contributed by atoms with Crippen molar-refractivity contribution in [3.05, 3.63) is 119 Å². The smallest absolute Gasteiger partial charge is 0.408 e. The van der Waals surface area contributed by atoms with Crippen molar-refractivity contribution < 1.29 is 32.6 Å². The molecular formula is C39H42F2N2O5. The lowest BCUT2D eigenvalue weighted by Gasteiger charge is -2.23. The van der Waals surface area contributed by atoms with E-state index in [1.54, 1.807) is 57.4 Å². The molecule has 4 rings (SSSR count). The summed E-state index contributed by atoms with van der Waals surface area (Å²) in [5.74, 6) is -0.511. The number of nitrogens with zero attached hydrogens (tertiary/aromatic N) is 1. The highest BCUT2D eigenvalue weighted by atomic mass is 19.1. The molecule has 0 aliphatic carbocycles. The summed E-state index contributed by atoms with van der Waals surface area (Å²) < 4.78 is 47.4. The number of para-hydroxylation sites is 1. The predicted octanol–water partition coefficient (Wildman–Crippen LogP) is 9.06. The number of hydrogen-bond acceptors (Lipinski definition) is 6. The van der Waals surface area contributed by atoms with E-state index < -0.39 is 35.8 Å². The van der Waals surface area contributed by atoms with Crippen molar-refractivity contribution >= 4 is 24.2 Å². The number of nitrogens with one attached hydrogen (secondary N) is 1. The number of esters is 1. The SMILES string of the molecule is CC(C)(C)OC(=O)Cc1ccccc1OCc1cc(C=Cc2ccncc2)cc(-c2cccc(C(CF)NC(=O)OC(C)(C)C)c2F)c1. The van der Waals surface area contributed by atoms with Crippen LogP contribution in [-0.4, -0.2) is 34.9 Å².